The summed E-state index contributed by atoms with van der Waals surface area (Å²) in [5, 5.41) is 25.9. The van der Waals surface area contributed by atoms with Crippen LogP contribution in [0, 0.1) is 29.6 Å². The third kappa shape index (κ3) is 8.61. The van der Waals surface area contributed by atoms with Gasteiger partial charge in [0, 0.05) is 43.7 Å². The Balaban J connectivity index is 1.09. The predicted molar refractivity (Wildman–Crippen MR) is 204 cm³/mol. The van der Waals surface area contributed by atoms with Crippen LogP contribution in [0.3, 0.4) is 0 Å². The van der Waals surface area contributed by atoms with Crippen molar-refractivity contribution in [2.24, 2.45) is 0 Å². The number of benzene rings is 4. The topological polar surface area (TPSA) is 120 Å². The Labute approximate surface area is 316 Å². The highest BCUT2D eigenvalue weighted by atomic mass is 35.5. The zero-order valence-corrected chi connectivity index (χ0v) is 30.8. The zero-order valence-electron chi connectivity index (χ0n) is 30.1. The predicted octanol–water partition coefficient (Wildman–Crippen LogP) is 7.55. The van der Waals surface area contributed by atoms with E-state index in [1.165, 1.54) is 36.2 Å². The Morgan fingerprint density at radius 2 is 1.72 bits per heavy atom. The van der Waals surface area contributed by atoms with E-state index in [0.29, 0.717) is 59.3 Å². The summed E-state index contributed by atoms with van der Waals surface area (Å²) in [5.74, 6) is 2.10. The molecule has 4 aromatic rings. The molecule has 10 heteroatoms. The number of nitriles is 2. The molecule has 2 fully saturated rings. The molecule has 0 radical (unpaired) electrons. The minimum atomic E-state index is -0.197. The standard InChI is InChI=1S/C43H44ClN5O4/c1-28-34(6-3-9-39(28)51-17-5-16-49-14-4-15-49)35-7-2-8-37-36(35)11-12-40(37)53-42-22-41(52-27-31-19-29(23-45)18-30(20-31)24-46)32(21-38(42)44)25-47-26-33-10-13-43(50)48-33/h2-3,6-9,18-22,33,40,47H,4-5,10-17,25-27H2,1H3,(H,48,50)/t33-,40+/m1/s1. The molecule has 4 aromatic carbocycles. The molecular formula is C43H44ClN5O4. The summed E-state index contributed by atoms with van der Waals surface area (Å²) in [6, 6.07) is 25.8. The van der Waals surface area contributed by atoms with E-state index in [-0.39, 0.29) is 24.7 Å². The van der Waals surface area contributed by atoms with Gasteiger partial charge < -0.3 is 29.7 Å². The maximum atomic E-state index is 11.7. The van der Waals surface area contributed by atoms with Gasteiger partial charge in [0.25, 0.3) is 0 Å². The molecule has 1 amide bonds. The Hall–Kier alpha value is -5.06. The van der Waals surface area contributed by atoms with Crippen LogP contribution in [0.2, 0.25) is 5.02 Å². The largest absolute Gasteiger partial charge is 0.493 e. The molecule has 0 spiro atoms. The molecule has 0 aromatic heterocycles. The Kier molecular flexibility index (Phi) is 11.5. The Morgan fingerprint density at radius 1 is 0.925 bits per heavy atom. The van der Waals surface area contributed by atoms with Crippen molar-refractivity contribution >= 4 is 17.5 Å². The third-order valence-electron chi connectivity index (χ3n) is 10.4. The summed E-state index contributed by atoms with van der Waals surface area (Å²) >= 11 is 6.92. The summed E-state index contributed by atoms with van der Waals surface area (Å²) in [7, 11) is 0. The number of fused-ring (bicyclic) bond motifs is 1. The van der Waals surface area contributed by atoms with Crippen LogP contribution >= 0.6 is 11.6 Å². The molecule has 53 heavy (non-hydrogen) atoms. The first-order valence-corrected chi connectivity index (χ1v) is 18.9. The second kappa shape index (κ2) is 16.7. The number of carbonyl (C=O) groups is 1. The SMILES string of the molecule is Cc1c(OCCCN2CCC2)cccc1-c1cccc2c1CC[C@@H]2Oc1cc(OCc2cc(C#N)cc(C#N)c2)c(CNC[C@H]2CCC(=O)N2)cc1Cl. The van der Waals surface area contributed by atoms with Gasteiger partial charge in [-0.05, 0) is 116 Å². The van der Waals surface area contributed by atoms with Crippen LogP contribution in [0.5, 0.6) is 17.2 Å². The molecule has 2 aliphatic heterocycles. The van der Waals surface area contributed by atoms with Gasteiger partial charge in [-0.1, -0.05) is 41.9 Å². The van der Waals surface area contributed by atoms with Gasteiger partial charge in [0.1, 0.15) is 30.0 Å². The van der Waals surface area contributed by atoms with E-state index < -0.39 is 0 Å². The number of ether oxygens (including phenoxy) is 3. The van der Waals surface area contributed by atoms with Crippen molar-refractivity contribution in [3.63, 3.8) is 0 Å². The highest BCUT2D eigenvalue weighted by molar-refractivity contribution is 6.32. The van der Waals surface area contributed by atoms with Crippen LogP contribution in [0.25, 0.3) is 11.1 Å². The van der Waals surface area contributed by atoms with Crippen molar-refractivity contribution < 1.29 is 19.0 Å². The lowest BCUT2D eigenvalue weighted by molar-refractivity contribution is -0.119. The second-order valence-electron chi connectivity index (χ2n) is 14.1. The van der Waals surface area contributed by atoms with Gasteiger partial charge in [-0.15, -0.1) is 0 Å². The molecule has 1 aliphatic carbocycles. The molecule has 9 nitrogen and oxygen atoms in total. The molecule has 272 valence electrons. The van der Waals surface area contributed by atoms with Crippen molar-refractivity contribution in [3.05, 3.63) is 111 Å². The summed E-state index contributed by atoms with van der Waals surface area (Å²) in [5.41, 5.74) is 8.26. The van der Waals surface area contributed by atoms with E-state index in [0.717, 1.165) is 54.7 Å². The number of rotatable bonds is 15. The maximum Gasteiger partial charge on any atom is 0.220 e. The van der Waals surface area contributed by atoms with Gasteiger partial charge in [-0.25, -0.2) is 0 Å². The third-order valence-corrected chi connectivity index (χ3v) is 10.7. The zero-order chi connectivity index (χ0) is 36.7. The summed E-state index contributed by atoms with van der Waals surface area (Å²) in [4.78, 5) is 14.2. The number of halogens is 1. The smallest absolute Gasteiger partial charge is 0.220 e. The lowest BCUT2D eigenvalue weighted by atomic mass is 9.93. The molecule has 2 N–H and O–H groups in total. The molecule has 3 aliphatic rings. The number of carbonyl (C=O) groups excluding carboxylic acids is 1. The highest BCUT2D eigenvalue weighted by Gasteiger charge is 2.28. The average molecular weight is 730 g/mol. The number of nitrogens with one attached hydrogen (secondary N) is 2. The van der Waals surface area contributed by atoms with Gasteiger partial charge in [0.05, 0.1) is 34.9 Å². The van der Waals surface area contributed by atoms with Gasteiger partial charge in [-0.2, -0.15) is 10.5 Å². The first kappa shape index (κ1) is 36.3. The van der Waals surface area contributed by atoms with Crippen molar-refractivity contribution in [3.8, 4) is 40.5 Å². The second-order valence-corrected chi connectivity index (χ2v) is 14.5. The quantitative estimate of drug-likeness (QED) is 0.121. The highest BCUT2D eigenvalue weighted by Crippen LogP contribution is 2.44. The van der Waals surface area contributed by atoms with Gasteiger partial charge >= 0.3 is 0 Å². The summed E-state index contributed by atoms with van der Waals surface area (Å²) in [6.45, 7) is 7.56. The number of amides is 1. The number of hydrogen-bond donors (Lipinski definition) is 2. The first-order chi connectivity index (χ1) is 25.9. The molecule has 2 heterocycles. The van der Waals surface area contributed by atoms with E-state index >= 15 is 0 Å². The molecule has 2 saturated heterocycles. The van der Waals surface area contributed by atoms with Crippen molar-refractivity contribution in [2.75, 3.05) is 32.8 Å². The fraction of sp³-hybridized carbons (Fsp3) is 0.372. The normalized spacial score (nSPS) is 17.7. The minimum absolute atomic E-state index is 0.0725. The number of likely N-dealkylation sites (tertiary alicyclic amines) is 1. The minimum Gasteiger partial charge on any atom is -0.493 e. The molecular weight excluding hydrogens is 686 g/mol. The lowest BCUT2D eigenvalue weighted by Crippen LogP contribution is -2.38. The van der Waals surface area contributed by atoms with Gasteiger partial charge in [0.2, 0.25) is 5.91 Å². The average Bonchev–Trinajstić information content (AvgIpc) is 3.77. The Morgan fingerprint density at radius 3 is 2.45 bits per heavy atom. The first-order valence-electron chi connectivity index (χ1n) is 18.5. The maximum absolute atomic E-state index is 11.7. The fourth-order valence-corrected chi connectivity index (χ4v) is 7.73. The molecule has 0 bridgehead atoms. The van der Waals surface area contributed by atoms with Crippen LogP contribution in [-0.4, -0.2) is 49.6 Å². The molecule has 0 unspecified atom stereocenters. The van der Waals surface area contributed by atoms with Crippen LogP contribution < -0.4 is 24.8 Å². The molecule has 2 atom stereocenters. The number of hydrogen-bond acceptors (Lipinski definition) is 8. The van der Waals surface area contributed by atoms with Crippen molar-refractivity contribution in [2.45, 2.75) is 70.7 Å². The van der Waals surface area contributed by atoms with E-state index in [1.54, 1.807) is 18.2 Å². The van der Waals surface area contributed by atoms with E-state index in [2.05, 4.69) is 71.0 Å². The van der Waals surface area contributed by atoms with Crippen LogP contribution in [0.1, 0.15) is 77.2 Å². The van der Waals surface area contributed by atoms with Gasteiger partial charge in [0.15, 0.2) is 0 Å². The van der Waals surface area contributed by atoms with Crippen molar-refractivity contribution in [1.29, 1.82) is 10.5 Å². The lowest BCUT2D eigenvalue weighted by Gasteiger charge is -2.30. The van der Waals surface area contributed by atoms with Crippen molar-refractivity contribution in [1.82, 2.24) is 15.5 Å². The number of nitrogens with zero attached hydrogens (tertiary/aromatic N) is 3. The van der Waals surface area contributed by atoms with E-state index in [4.69, 9.17) is 25.8 Å². The fourth-order valence-electron chi connectivity index (χ4n) is 7.50. The van der Waals surface area contributed by atoms with E-state index in [1.807, 2.05) is 12.1 Å². The molecule has 7 rings (SSSR count). The Bertz CT molecular complexity index is 2030. The molecule has 0 saturated carbocycles. The van der Waals surface area contributed by atoms with Crippen LogP contribution in [0.15, 0.2) is 66.7 Å². The summed E-state index contributed by atoms with van der Waals surface area (Å²) < 4.78 is 19.3. The van der Waals surface area contributed by atoms with Crippen LogP contribution in [-0.2, 0) is 24.4 Å². The summed E-state index contributed by atoms with van der Waals surface area (Å²) in [6.07, 6.45) is 5.13. The van der Waals surface area contributed by atoms with E-state index in [9.17, 15) is 15.3 Å². The van der Waals surface area contributed by atoms with Gasteiger partial charge in [-0.3, -0.25) is 4.79 Å². The van der Waals surface area contributed by atoms with Crippen LogP contribution in [0.4, 0.5) is 0 Å². The monoisotopic (exact) mass is 729 g/mol.